The Bertz CT molecular complexity index is 1190. The average molecular weight is 465 g/mol. The third-order valence-corrected chi connectivity index (χ3v) is 6.01. The molecule has 4 rings (SSSR count). The van der Waals surface area contributed by atoms with E-state index in [4.69, 9.17) is 14.2 Å². The van der Waals surface area contributed by atoms with Crippen molar-refractivity contribution in [2.24, 2.45) is 0 Å². The number of carboxylic acids is 1. The minimum Gasteiger partial charge on any atom is -0.493 e. The predicted octanol–water partition coefficient (Wildman–Crippen LogP) is 3.28. The third kappa shape index (κ3) is 5.23. The van der Waals surface area contributed by atoms with E-state index in [1.165, 1.54) is 0 Å². The Balaban J connectivity index is 1.33. The van der Waals surface area contributed by atoms with Gasteiger partial charge in [-0.3, -0.25) is 9.69 Å². The molecule has 1 fully saturated rings. The lowest BCUT2D eigenvalue weighted by Gasteiger charge is -2.34. The molecule has 3 aromatic carbocycles. The van der Waals surface area contributed by atoms with E-state index in [9.17, 15) is 14.7 Å². The number of ether oxygens (including phenoxy) is 3. The molecule has 0 aromatic heterocycles. The van der Waals surface area contributed by atoms with Crippen molar-refractivity contribution in [3.8, 4) is 17.2 Å². The van der Waals surface area contributed by atoms with Crippen molar-refractivity contribution in [2.45, 2.75) is 6.54 Å². The second-order valence-electron chi connectivity index (χ2n) is 8.14. The average Bonchev–Trinajstić information content (AvgIpc) is 2.87. The van der Waals surface area contributed by atoms with Crippen molar-refractivity contribution in [1.82, 2.24) is 9.80 Å². The SMILES string of the molecule is COc1ccc(CN2CCN(C(=O)COc3cc4ccccc4cc3C(=O)O)CC2)cc1OC. The number of amides is 1. The molecular formula is C26H28N2O6. The standard InChI is InChI=1S/C26H28N2O6/c1-32-22-8-7-18(13-24(22)33-2)16-27-9-11-28(12-10-27)25(29)17-34-23-15-20-6-4-3-5-19(20)14-21(23)26(30)31/h3-8,13-15H,9-12,16-17H2,1-2H3,(H,30,31). The van der Waals surface area contributed by atoms with Gasteiger partial charge in [-0.15, -0.1) is 0 Å². The Morgan fingerprint density at radius 3 is 2.18 bits per heavy atom. The number of piperazine rings is 1. The van der Waals surface area contributed by atoms with Gasteiger partial charge in [-0.25, -0.2) is 4.79 Å². The molecule has 0 bridgehead atoms. The minimum absolute atomic E-state index is 0.0474. The summed E-state index contributed by atoms with van der Waals surface area (Å²) in [7, 11) is 3.23. The first-order chi connectivity index (χ1) is 16.5. The molecule has 8 heteroatoms. The van der Waals surface area contributed by atoms with Crippen molar-refractivity contribution in [3.05, 3.63) is 65.7 Å². The third-order valence-electron chi connectivity index (χ3n) is 6.01. The highest BCUT2D eigenvalue weighted by Gasteiger charge is 2.23. The fourth-order valence-electron chi connectivity index (χ4n) is 4.13. The van der Waals surface area contributed by atoms with Crippen LogP contribution in [0.5, 0.6) is 17.2 Å². The molecule has 178 valence electrons. The van der Waals surface area contributed by atoms with E-state index in [1.807, 2.05) is 42.5 Å². The molecule has 1 amide bonds. The van der Waals surface area contributed by atoms with Gasteiger partial charge in [-0.2, -0.15) is 0 Å². The molecule has 0 atom stereocenters. The maximum atomic E-state index is 12.7. The number of aromatic carboxylic acids is 1. The second kappa shape index (κ2) is 10.4. The number of fused-ring (bicyclic) bond motifs is 1. The molecule has 0 aliphatic carbocycles. The van der Waals surface area contributed by atoms with E-state index < -0.39 is 5.97 Å². The number of nitrogens with zero attached hydrogens (tertiary/aromatic N) is 2. The van der Waals surface area contributed by atoms with Crippen LogP contribution in [0.25, 0.3) is 10.8 Å². The van der Waals surface area contributed by atoms with Gasteiger partial charge in [0.25, 0.3) is 5.91 Å². The fourth-order valence-corrected chi connectivity index (χ4v) is 4.13. The zero-order valence-corrected chi connectivity index (χ0v) is 19.3. The summed E-state index contributed by atoms with van der Waals surface area (Å²) < 4.78 is 16.3. The number of carbonyl (C=O) groups excluding carboxylic acids is 1. The van der Waals surface area contributed by atoms with Gasteiger partial charge >= 0.3 is 5.97 Å². The number of methoxy groups -OCH3 is 2. The zero-order valence-electron chi connectivity index (χ0n) is 19.3. The van der Waals surface area contributed by atoms with Crippen molar-refractivity contribution in [1.29, 1.82) is 0 Å². The van der Waals surface area contributed by atoms with Gasteiger partial charge in [0.2, 0.25) is 0 Å². The monoisotopic (exact) mass is 464 g/mol. The largest absolute Gasteiger partial charge is 0.493 e. The number of hydrogen-bond donors (Lipinski definition) is 1. The van der Waals surface area contributed by atoms with E-state index in [2.05, 4.69) is 4.90 Å². The summed E-state index contributed by atoms with van der Waals surface area (Å²) in [4.78, 5) is 28.5. The Kier molecular flexibility index (Phi) is 7.18. The number of carbonyl (C=O) groups is 2. The summed E-state index contributed by atoms with van der Waals surface area (Å²) in [5, 5.41) is 11.2. The van der Waals surface area contributed by atoms with Crippen molar-refractivity contribution >= 4 is 22.6 Å². The maximum absolute atomic E-state index is 12.7. The summed E-state index contributed by atoms with van der Waals surface area (Å²) in [6.07, 6.45) is 0. The molecule has 1 N–H and O–H groups in total. The lowest BCUT2D eigenvalue weighted by atomic mass is 10.1. The highest BCUT2D eigenvalue weighted by molar-refractivity contribution is 5.97. The van der Waals surface area contributed by atoms with E-state index in [0.717, 1.165) is 36.0 Å². The van der Waals surface area contributed by atoms with Crippen LogP contribution in [0.15, 0.2) is 54.6 Å². The predicted molar refractivity (Wildman–Crippen MR) is 128 cm³/mol. The Morgan fingerprint density at radius 1 is 0.853 bits per heavy atom. The highest BCUT2D eigenvalue weighted by atomic mass is 16.5. The van der Waals surface area contributed by atoms with E-state index in [0.29, 0.717) is 24.6 Å². The Morgan fingerprint density at radius 2 is 1.53 bits per heavy atom. The van der Waals surface area contributed by atoms with Crippen LogP contribution in [-0.2, 0) is 11.3 Å². The molecule has 1 aliphatic rings. The first-order valence-corrected chi connectivity index (χ1v) is 11.1. The molecule has 1 aliphatic heterocycles. The molecule has 0 spiro atoms. The van der Waals surface area contributed by atoms with Crippen LogP contribution in [0.2, 0.25) is 0 Å². The molecular weight excluding hydrogens is 436 g/mol. The summed E-state index contributed by atoms with van der Waals surface area (Å²) in [6, 6.07) is 16.6. The molecule has 0 saturated carbocycles. The van der Waals surface area contributed by atoms with Crippen LogP contribution in [0, 0.1) is 0 Å². The summed E-state index contributed by atoms with van der Waals surface area (Å²) >= 11 is 0. The van der Waals surface area contributed by atoms with Crippen molar-refractivity contribution in [3.63, 3.8) is 0 Å². The van der Waals surface area contributed by atoms with E-state index >= 15 is 0 Å². The number of rotatable bonds is 8. The smallest absolute Gasteiger partial charge is 0.339 e. The van der Waals surface area contributed by atoms with E-state index in [1.54, 1.807) is 31.3 Å². The lowest BCUT2D eigenvalue weighted by molar-refractivity contribution is -0.135. The van der Waals surface area contributed by atoms with Gasteiger partial charge in [-0.1, -0.05) is 30.3 Å². The van der Waals surface area contributed by atoms with Crippen molar-refractivity contribution < 1.29 is 28.9 Å². The normalized spacial score (nSPS) is 14.1. The molecule has 1 heterocycles. The topological polar surface area (TPSA) is 88.5 Å². The summed E-state index contributed by atoms with van der Waals surface area (Å²) in [5.74, 6) is 0.346. The minimum atomic E-state index is -1.09. The van der Waals surface area contributed by atoms with Crippen LogP contribution in [0.4, 0.5) is 0 Å². The van der Waals surface area contributed by atoms with Crippen LogP contribution >= 0.6 is 0 Å². The number of benzene rings is 3. The van der Waals surface area contributed by atoms with Gasteiger partial charge in [0.1, 0.15) is 11.3 Å². The fraction of sp³-hybridized carbons (Fsp3) is 0.308. The van der Waals surface area contributed by atoms with Gasteiger partial charge in [0.15, 0.2) is 18.1 Å². The first-order valence-electron chi connectivity index (χ1n) is 11.1. The van der Waals surface area contributed by atoms with Crippen LogP contribution in [0.1, 0.15) is 15.9 Å². The highest BCUT2D eigenvalue weighted by Crippen LogP contribution is 2.28. The van der Waals surface area contributed by atoms with Crippen LogP contribution in [0.3, 0.4) is 0 Å². The number of hydrogen-bond acceptors (Lipinski definition) is 6. The molecule has 34 heavy (non-hydrogen) atoms. The summed E-state index contributed by atoms with van der Waals surface area (Å²) in [5.41, 5.74) is 1.16. The Hall–Kier alpha value is -3.78. The second-order valence-corrected chi connectivity index (χ2v) is 8.14. The Labute approximate surface area is 198 Å². The zero-order chi connectivity index (χ0) is 24.1. The molecule has 0 radical (unpaired) electrons. The van der Waals surface area contributed by atoms with Gasteiger partial charge in [0, 0.05) is 32.7 Å². The maximum Gasteiger partial charge on any atom is 0.339 e. The quantitative estimate of drug-likeness (QED) is 0.547. The molecule has 0 unspecified atom stereocenters. The first kappa shape index (κ1) is 23.4. The van der Waals surface area contributed by atoms with Crippen LogP contribution in [-0.4, -0.2) is 73.8 Å². The number of carboxylic acid groups (broad SMARTS) is 1. The molecule has 3 aromatic rings. The van der Waals surface area contributed by atoms with E-state index in [-0.39, 0.29) is 23.8 Å². The van der Waals surface area contributed by atoms with Crippen LogP contribution < -0.4 is 14.2 Å². The van der Waals surface area contributed by atoms with Crippen molar-refractivity contribution in [2.75, 3.05) is 47.0 Å². The van der Waals surface area contributed by atoms with Gasteiger partial charge < -0.3 is 24.2 Å². The summed E-state index contributed by atoms with van der Waals surface area (Å²) in [6.45, 7) is 3.18. The van der Waals surface area contributed by atoms with Gasteiger partial charge in [-0.05, 0) is 40.6 Å². The molecule has 8 nitrogen and oxygen atoms in total. The lowest BCUT2D eigenvalue weighted by Crippen LogP contribution is -2.49. The molecule has 1 saturated heterocycles. The van der Waals surface area contributed by atoms with Gasteiger partial charge in [0.05, 0.1) is 14.2 Å².